The standard InChI is InChI=1S/2C14H20O3.C2H6O2/c2*1-9-7-10(5-6-12(15)16)8-11(13(9)17)14(2,3)4;3-1-2-4/h2*7-8,17H,5-6H2,1-4H3,(H,15,16);3-4H,1-2H2. The first-order valence-electron chi connectivity index (χ1n) is 12.7. The summed E-state index contributed by atoms with van der Waals surface area (Å²) < 4.78 is 0. The monoisotopic (exact) mass is 534 g/mol. The van der Waals surface area contributed by atoms with Crippen molar-refractivity contribution in [1.29, 1.82) is 0 Å². The molecule has 8 nitrogen and oxygen atoms in total. The van der Waals surface area contributed by atoms with E-state index >= 15 is 0 Å². The third-order valence-corrected chi connectivity index (χ3v) is 5.69. The number of aromatic hydroxyl groups is 2. The molecule has 0 aliphatic rings. The number of aliphatic hydroxyl groups is 2. The number of phenols is 2. The topological polar surface area (TPSA) is 156 Å². The van der Waals surface area contributed by atoms with Gasteiger partial charge in [-0.05, 0) is 70.9 Å². The third-order valence-electron chi connectivity index (χ3n) is 5.69. The summed E-state index contributed by atoms with van der Waals surface area (Å²) in [6, 6.07) is 7.53. The summed E-state index contributed by atoms with van der Waals surface area (Å²) in [5.74, 6) is -0.964. The number of aliphatic carboxylic acids is 2. The molecule has 0 fully saturated rings. The quantitative estimate of drug-likeness (QED) is 0.290. The molecule has 8 heteroatoms. The van der Waals surface area contributed by atoms with Crippen molar-refractivity contribution in [2.24, 2.45) is 0 Å². The average molecular weight is 535 g/mol. The van der Waals surface area contributed by atoms with E-state index in [1.165, 1.54) is 0 Å². The molecule has 6 N–H and O–H groups in total. The van der Waals surface area contributed by atoms with Gasteiger partial charge in [0, 0.05) is 12.8 Å². The lowest BCUT2D eigenvalue weighted by Crippen LogP contribution is -2.12. The van der Waals surface area contributed by atoms with Gasteiger partial charge in [0.25, 0.3) is 0 Å². The SMILES string of the molecule is Cc1cc(CCC(=O)O)cc(C(C)(C)C)c1O.Cc1cc(CCC(=O)O)cc(C(C)(C)C)c1O.OCCO. The molecule has 0 amide bonds. The van der Waals surface area contributed by atoms with E-state index in [0.717, 1.165) is 33.4 Å². The summed E-state index contributed by atoms with van der Waals surface area (Å²) >= 11 is 0. The molecular formula is C30H46O8. The van der Waals surface area contributed by atoms with E-state index in [1.807, 2.05) is 79.7 Å². The predicted molar refractivity (Wildman–Crippen MR) is 149 cm³/mol. The van der Waals surface area contributed by atoms with E-state index in [2.05, 4.69) is 0 Å². The molecule has 0 unspecified atom stereocenters. The molecule has 214 valence electrons. The summed E-state index contributed by atoms with van der Waals surface area (Å²) in [5, 5.41) is 52.6. The number of hydrogen-bond donors (Lipinski definition) is 6. The number of aryl methyl sites for hydroxylation is 4. The fraction of sp³-hybridized carbons (Fsp3) is 0.533. The van der Waals surface area contributed by atoms with Crippen LogP contribution in [0.25, 0.3) is 0 Å². The van der Waals surface area contributed by atoms with Gasteiger partial charge in [-0.25, -0.2) is 0 Å². The van der Waals surface area contributed by atoms with Crippen LogP contribution in [-0.2, 0) is 33.3 Å². The molecule has 0 heterocycles. The predicted octanol–water partition coefficient (Wildman–Crippen LogP) is 5.00. The van der Waals surface area contributed by atoms with Crippen LogP contribution in [0.4, 0.5) is 0 Å². The van der Waals surface area contributed by atoms with Crippen LogP contribution in [0.3, 0.4) is 0 Å². The highest BCUT2D eigenvalue weighted by atomic mass is 16.4. The Bertz CT molecular complexity index is 974. The number of carbonyl (C=O) groups is 2. The van der Waals surface area contributed by atoms with Gasteiger partial charge in [-0.2, -0.15) is 0 Å². The molecule has 38 heavy (non-hydrogen) atoms. The van der Waals surface area contributed by atoms with Crippen LogP contribution in [-0.4, -0.2) is 55.8 Å². The zero-order chi connectivity index (χ0) is 29.8. The second-order valence-electron chi connectivity index (χ2n) is 11.4. The molecule has 0 atom stereocenters. The van der Waals surface area contributed by atoms with Crippen molar-refractivity contribution in [2.75, 3.05) is 13.2 Å². The third kappa shape index (κ3) is 12.4. The van der Waals surface area contributed by atoms with Crippen LogP contribution in [0.15, 0.2) is 24.3 Å². The van der Waals surface area contributed by atoms with E-state index in [9.17, 15) is 19.8 Å². The summed E-state index contributed by atoms with van der Waals surface area (Å²) in [7, 11) is 0. The Balaban J connectivity index is 0.000000632. The van der Waals surface area contributed by atoms with Gasteiger partial charge in [-0.3, -0.25) is 9.59 Å². The lowest BCUT2D eigenvalue weighted by Gasteiger charge is -2.22. The van der Waals surface area contributed by atoms with Gasteiger partial charge >= 0.3 is 11.9 Å². The second-order valence-corrected chi connectivity index (χ2v) is 11.4. The molecule has 0 saturated heterocycles. The highest BCUT2D eigenvalue weighted by Gasteiger charge is 2.21. The minimum absolute atomic E-state index is 0.119. The van der Waals surface area contributed by atoms with Crippen molar-refractivity contribution in [3.05, 3.63) is 57.6 Å². The van der Waals surface area contributed by atoms with Crippen molar-refractivity contribution in [2.45, 2.75) is 91.9 Å². The smallest absolute Gasteiger partial charge is 0.303 e. The van der Waals surface area contributed by atoms with Crippen molar-refractivity contribution >= 4 is 11.9 Å². The number of rotatable bonds is 7. The van der Waals surface area contributed by atoms with Gasteiger partial charge in [-0.15, -0.1) is 0 Å². The van der Waals surface area contributed by atoms with E-state index < -0.39 is 11.9 Å². The van der Waals surface area contributed by atoms with E-state index in [1.54, 1.807) is 0 Å². The number of phenolic OH excluding ortho intramolecular Hbond substituents is 2. The number of aliphatic hydroxyl groups excluding tert-OH is 2. The van der Waals surface area contributed by atoms with Crippen LogP contribution in [0, 0.1) is 13.8 Å². The minimum atomic E-state index is -0.798. The highest BCUT2D eigenvalue weighted by molar-refractivity contribution is 5.67. The van der Waals surface area contributed by atoms with Gasteiger partial charge in [-0.1, -0.05) is 65.8 Å². The van der Waals surface area contributed by atoms with Gasteiger partial charge in [0.1, 0.15) is 11.5 Å². The maximum absolute atomic E-state index is 10.6. The molecule has 0 aliphatic carbocycles. The Morgan fingerprint density at radius 3 is 1.13 bits per heavy atom. The second kappa shape index (κ2) is 15.3. The van der Waals surface area contributed by atoms with Crippen LogP contribution in [0.5, 0.6) is 11.5 Å². The Hall–Kier alpha value is -3.10. The first-order valence-corrected chi connectivity index (χ1v) is 12.7. The Morgan fingerprint density at radius 2 is 0.921 bits per heavy atom. The van der Waals surface area contributed by atoms with E-state index in [0.29, 0.717) is 24.3 Å². The van der Waals surface area contributed by atoms with Gasteiger partial charge < -0.3 is 30.6 Å². The normalized spacial score (nSPS) is 11.1. The van der Waals surface area contributed by atoms with Crippen LogP contribution < -0.4 is 0 Å². The molecule has 0 spiro atoms. The zero-order valence-electron chi connectivity index (χ0n) is 24.1. The van der Waals surface area contributed by atoms with Crippen LogP contribution in [0.1, 0.15) is 87.8 Å². The summed E-state index contributed by atoms with van der Waals surface area (Å²) in [6.07, 6.45) is 1.24. The number of carboxylic acid groups (broad SMARTS) is 2. The lowest BCUT2D eigenvalue weighted by molar-refractivity contribution is -0.138. The number of carboxylic acids is 2. The van der Waals surface area contributed by atoms with Crippen LogP contribution >= 0.6 is 0 Å². The van der Waals surface area contributed by atoms with Gasteiger partial charge in [0.15, 0.2) is 0 Å². The summed E-state index contributed by atoms with van der Waals surface area (Å²) in [4.78, 5) is 21.1. The molecule has 2 aromatic carbocycles. The Kier molecular flexibility index (Phi) is 14.1. The van der Waals surface area contributed by atoms with Crippen molar-refractivity contribution in [3.63, 3.8) is 0 Å². The fourth-order valence-electron chi connectivity index (χ4n) is 3.64. The molecule has 2 aromatic rings. The summed E-state index contributed by atoms with van der Waals surface area (Å²) in [5.41, 5.74) is 4.99. The van der Waals surface area contributed by atoms with Crippen molar-refractivity contribution in [1.82, 2.24) is 0 Å². The Morgan fingerprint density at radius 1 is 0.632 bits per heavy atom. The highest BCUT2D eigenvalue weighted by Crippen LogP contribution is 2.35. The minimum Gasteiger partial charge on any atom is -0.507 e. The Labute approximate surface area is 226 Å². The maximum Gasteiger partial charge on any atom is 0.303 e. The van der Waals surface area contributed by atoms with Crippen LogP contribution in [0.2, 0.25) is 0 Å². The molecular weight excluding hydrogens is 488 g/mol. The molecule has 0 aliphatic heterocycles. The average Bonchev–Trinajstić information content (AvgIpc) is 2.79. The maximum atomic E-state index is 10.6. The molecule has 0 aromatic heterocycles. The first-order chi connectivity index (χ1) is 17.3. The number of benzene rings is 2. The summed E-state index contributed by atoms with van der Waals surface area (Å²) in [6.45, 7) is 15.6. The molecule has 2 rings (SSSR count). The van der Waals surface area contributed by atoms with Gasteiger partial charge in [0.2, 0.25) is 0 Å². The van der Waals surface area contributed by atoms with E-state index in [4.69, 9.17) is 20.4 Å². The lowest BCUT2D eigenvalue weighted by atomic mass is 9.83. The first kappa shape index (κ1) is 34.9. The zero-order valence-corrected chi connectivity index (χ0v) is 24.1. The van der Waals surface area contributed by atoms with Crippen molar-refractivity contribution in [3.8, 4) is 11.5 Å². The molecule has 0 radical (unpaired) electrons. The largest absolute Gasteiger partial charge is 0.507 e. The fourth-order valence-corrected chi connectivity index (χ4v) is 3.64. The van der Waals surface area contributed by atoms with Crippen molar-refractivity contribution < 1.29 is 40.2 Å². The molecule has 0 saturated carbocycles. The van der Waals surface area contributed by atoms with E-state index in [-0.39, 0.29) is 36.9 Å². The van der Waals surface area contributed by atoms with Gasteiger partial charge in [0.05, 0.1) is 13.2 Å². The number of hydrogen-bond acceptors (Lipinski definition) is 6. The molecule has 0 bridgehead atoms.